The van der Waals surface area contributed by atoms with Crippen molar-refractivity contribution < 1.29 is 14.3 Å². The van der Waals surface area contributed by atoms with Crippen LogP contribution in [0.1, 0.15) is 13.3 Å². The van der Waals surface area contributed by atoms with Crippen molar-refractivity contribution >= 4 is 11.9 Å². The van der Waals surface area contributed by atoms with E-state index in [1.165, 1.54) is 6.33 Å². The van der Waals surface area contributed by atoms with Crippen molar-refractivity contribution in [2.75, 3.05) is 26.2 Å². The summed E-state index contributed by atoms with van der Waals surface area (Å²) in [5.74, 6) is -0.422. The zero-order valence-corrected chi connectivity index (χ0v) is 11.5. The van der Waals surface area contributed by atoms with E-state index in [0.717, 1.165) is 0 Å². The summed E-state index contributed by atoms with van der Waals surface area (Å²) in [7, 11) is 0. The number of piperazine rings is 1. The molecule has 2 rings (SSSR count). The molecule has 1 N–H and O–H groups in total. The maximum atomic E-state index is 12.2. The van der Waals surface area contributed by atoms with Gasteiger partial charge in [0.15, 0.2) is 0 Å². The molecule has 1 aromatic rings. The summed E-state index contributed by atoms with van der Waals surface area (Å²) in [6.45, 7) is 4.16. The summed E-state index contributed by atoms with van der Waals surface area (Å²) < 4.78 is 6.61. The molecule has 1 saturated heterocycles. The van der Waals surface area contributed by atoms with Crippen LogP contribution in [0.2, 0.25) is 0 Å². The van der Waals surface area contributed by atoms with Gasteiger partial charge in [0.05, 0.1) is 13.2 Å². The number of ether oxygens (including phenoxy) is 1. The van der Waals surface area contributed by atoms with E-state index in [0.29, 0.717) is 39.2 Å². The van der Waals surface area contributed by atoms with E-state index in [4.69, 9.17) is 4.74 Å². The molecule has 1 aromatic heterocycles. The first-order chi connectivity index (χ1) is 9.72. The number of hydrogen-bond acceptors (Lipinski definition) is 6. The molecule has 2 heterocycles. The van der Waals surface area contributed by atoms with Gasteiger partial charge in [-0.25, -0.2) is 9.78 Å². The summed E-state index contributed by atoms with van der Waals surface area (Å²) >= 11 is 0. The highest BCUT2D eigenvalue weighted by molar-refractivity contribution is 5.85. The van der Waals surface area contributed by atoms with E-state index in [9.17, 15) is 9.59 Å². The number of aryl methyl sites for hydroxylation is 1. The van der Waals surface area contributed by atoms with Crippen LogP contribution in [0.4, 0.5) is 0 Å². The Hall–Kier alpha value is -1.96. The summed E-state index contributed by atoms with van der Waals surface area (Å²) in [6.07, 6.45) is 3.28. The molecule has 8 nitrogen and oxygen atoms in total. The third kappa shape index (κ3) is 3.53. The van der Waals surface area contributed by atoms with Crippen molar-refractivity contribution in [2.45, 2.75) is 25.9 Å². The highest BCUT2D eigenvalue weighted by Crippen LogP contribution is 2.08. The number of esters is 1. The lowest BCUT2D eigenvalue weighted by molar-refractivity contribution is -0.155. The van der Waals surface area contributed by atoms with Gasteiger partial charge in [0, 0.05) is 26.1 Å². The molecule has 110 valence electrons. The van der Waals surface area contributed by atoms with E-state index < -0.39 is 6.04 Å². The molecule has 0 saturated carbocycles. The Morgan fingerprint density at radius 3 is 3.05 bits per heavy atom. The number of carbonyl (C=O) groups excluding carboxylic acids is 2. The van der Waals surface area contributed by atoms with E-state index in [1.54, 1.807) is 22.8 Å². The second-order valence-electron chi connectivity index (χ2n) is 4.47. The zero-order chi connectivity index (χ0) is 14.4. The lowest BCUT2D eigenvalue weighted by Gasteiger charge is -2.34. The monoisotopic (exact) mass is 281 g/mol. The van der Waals surface area contributed by atoms with Gasteiger partial charge in [0.1, 0.15) is 18.7 Å². The molecule has 0 spiro atoms. The molecule has 20 heavy (non-hydrogen) atoms. The third-order valence-electron chi connectivity index (χ3n) is 3.14. The first-order valence-electron chi connectivity index (χ1n) is 6.71. The Labute approximate surface area is 117 Å². The van der Waals surface area contributed by atoms with E-state index in [1.807, 2.05) is 0 Å². The van der Waals surface area contributed by atoms with Crippen LogP contribution in [0.3, 0.4) is 0 Å². The fraction of sp³-hybridized carbons (Fsp3) is 0.667. The maximum Gasteiger partial charge on any atom is 0.330 e. The van der Waals surface area contributed by atoms with E-state index in [-0.39, 0.29) is 11.9 Å². The second-order valence-corrected chi connectivity index (χ2v) is 4.47. The van der Waals surface area contributed by atoms with Gasteiger partial charge >= 0.3 is 5.97 Å². The highest BCUT2D eigenvalue weighted by atomic mass is 16.5. The van der Waals surface area contributed by atoms with Crippen LogP contribution in [-0.4, -0.2) is 63.8 Å². The van der Waals surface area contributed by atoms with Gasteiger partial charge in [0.25, 0.3) is 0 Å². The Balaban J connectivity index is 1.92. The molecule has 0 radical (unpaired) electrons. The number of nitrogens with one attached hydrogen (secondary N) is 1. The Morgan fingerprint density at radius 1 is 1.50 bits per heavy atom. The SMILES string of the molecule is CCOC(=O)C1CNCCN1C(=O)CCn1cncn1. The lowest BCUT2D eigenvalue weighted by atomic mass is 10.1. The largest absolute Gasteiger partial charge is 0.464 e. The predicted octanol–water partition coefficient (Wildman–Crippen LogP) is -0.968. The average Bonchev–Trinajstić information content (AvgIpc) is 2.98. The van der Waals surface area contributed by atoms with Crippen LogP contribution in [0, 0.1) is 0 Å². The normalized spacial score (nSPS) is 18.9. The first-order valence-corrected chi connectivity index (χ1v) is 6.71. The van der Waals surface area contributed by atoms with Crippen molar-refractivity contribution in [3.63, 3.8) is 0 Å². The minimum Gasteiger partial charge on any atom is -0.464 e. The fourth-order valence-electron chi connectivity index (χ4n) is 2.15. The minimum atomic E-state index is -0.535. The van der Waals surface area contributed by atoms with Gasteiger partial charge < -0.3 is 15.0 Å². The number of nitrogens with zero attached hydrogens (tertiary/aromatic N) is 4. The molecule has 0 aliphatic carbocycles. The predicted molar refractivity (Wildman–Crippen MR) is 69.6 cm³/mol. The third-order valence-corrected chi connectivity index (χ3v) is 3.14. The van der Waals surface area contributed by atoms with Crippen molar-refractivity contribution in [1.82, 2.24) is 25.0 Å². The standard InChI is InChI=1S/C12H19N5O3/c1-2-20-12(19)10-7-13-4-6-17(10)11(18)3-5-16-9-14-8-15-16/h8-10,13H,2-7H2,1H3. The molecule has 1 amide bonds. The van der Waals surface area contributed by atoms with Crippen LogP contribution in [0.25, 0.3) is 0 Å². The van der Waals surface area contributed by atoms with Gasteiger partial charge in [-0.1, -0.05) is 0 Å². The molecular formula is C12H19N5O3. The summed E-state index contributed by atoms with van der Waals surface area (Å²) in [5.41, 5.74) is 0. The first kappa shape index (κ1) is 14.4. The number of aromatic nitrogens is 3. The Morgan fingerprint density at radius 2 is 2.35 bits per heavy atom. The van der Waals surface area contributed by atoms with Crippen LogP contribution >= 0.6 is 0 Å². The quantitative estimate of drug-likeness (QED) is 0.699. The number of hydrogen-bond donors (Lipinski definition) is 1. The molecule has 0 bridgehead atoms. The van der Waals surface area contributed by atoms with Crippen molar-refractivity contribution in [1.29, 1.82) is 0 Å². The fourth-order valence-corrected chi connectivity index (χ4v) is 2.15. The number of carbonyl (C=O) groups is 2. The second kappa shape index (κ2) is 6.99. The van der Waals surface area contributed by atoms with Crippen molar-refractivity contribution in [3.8, 4) is 0 Å². The minimum absolute atomic E-state index is 0.0694. The summed E-state index contributed by atoms with van der Waals surface area (Å²) in [5, 5.41) is 7.05. The number of amides is 1. The van der Waals surface area contributed by atoms with Gasteiger partial charge in [-0.3, -0.25) is 9.48 Å². The average molecular weight is 281 g/mol. The summed E-state index contributed by atoms with van der Waals surface area (Å²) in [6, 6.07) is -0.535. The van der Waals surface area contributed by atoms with Crippen LogP contribution < -0.4 is 5.32 Å². The van der Waals surface area contributed by atoms with Gasteiger partial charge in [-0.15, -0.1) is 0 Å². The molecule has 0 aromatic carbocycles. The molecule has 1 aliphatic rings. The highest BCUT2D eigenvalue weighted by Gasteiger charge is 2.32. The van der Waals surface area contributed by atoms with Crippen molar-refractivity contribution in [2.24, 2.45) is 0 Å². The van der Waals surface area contributed by atoms with E-state index in [2.05, 4.69) is 15.4 Å². The van der Waals surface area contributed by atoms with Gasteiger partial charge in [0.2, 0.25) is 5.91 Å². The topological polar surface area (TPSA) is 89.4 Å². The Kier molecular flexibility index (Phi) is 5.05. The molecule has 1 unspecified atom stereocenters. The van der Waals surface area contributed by atoms with E-state index >= 15 is 0 Å². The van der Waals surface area contributed by atoms with Crippen LogP contribution in [0.15, 0.2) is 12.7 Å². The number of rotatable bonds is 5. The van der Waals surface area contributed by atoms with Crippen molar-refractivity contribution in [3.05, 3.63) is 12.7 Å². The Bertz CT molecular complexity index is 448. The molecule has 1 atom stereocenters. The lowest BCUT2D eigenvalue weighted by Crippen LogP contribution is -2.57. The molecule has 8 heteroatoms. The van der Waals surface area contributed by atoms with Gasteiger partial charge in [-0.05, 0) is 6.92 Å². The summed E-state index contributed by atoms with van der Waals surface area (Å²) in [4.78, 5) is 29.5. The van der Waals surface area contributed by atoms with Crippen LogP contribution in [-0.2, 0) is 20.9 Å². The molecular weight excluding hydrogens is 262 g/mol. The smallest absolute Gasteiger partial charge is 0.330 e. The molecule has 1 fully saturated rings. The zero-order valence-electron chi connectivity index (χ0n) is 11.5. The molecule has 1 aliphatic heterocycles. The van der Waals surface area contributed by atoms with Gasteiger partial charge in [-0.2, -0.15) is 5.10 Å². The van der Waals surface area contributed by atoms with Crippen LogP contribution in [0.5, 0.6) is 0 Å². The maximum absolute atomic E-state index is 12.2.